The van der Waals surface area contributed by atoms with Crippen LogP contribution < -0.4 is 5.73 Å². The summed E-state index contributed by atoms with van der Waals surface area (Å²) in [6.07, 6.45) is 0. The van der Waals surface area contributed by atoms with E-state index < -0.39 is 0 Å². The smallest absolute Gasteiger partial charge is 0.0585 e. The van der Waals surface area contributed by atoms with Crippen molar-refractivity contribution in [3.63, 3.8) is 0 Å². The SMILES string of the molecule is Nc1cc(-c2ccccc2)cc2c1sc1ccccc12. The fourth-order valence-corrected chi connectivity index (χ4v) is 3.76. The van der Waals surface area contributed by atoms with Crippen LogP contribution in [0, 0.1) is 0 Å². The molecular formula is C18H13NS. The molecule has 1 heterocycles. The maximum absolute atomic E-state index is 6.27. The topological polar surface area (TPSA) is 26.0 Å². The zero-order valence-corrected chi connectivity index (χ0v) is 11.7. The van der Waals surface area contributed by atoms with Gasteiger partial charge in [0.2, 0.25) is 0 Å². The fourth-order valence-electron chi connectivity index (χ4n) is 2.65. The van der Waals surface area contributed by atoms with Gasteiger partial charge in [0.15, 0.2) is 0 Å². The highest BCUT2D eigenvalue weighted by Gasteiger charge is 2.09. The van der Waals surface area contributed by atoms with Gasteiger partial charge in [-0.2, -0.15) is 0 Å². The zero-order chi connectivity index (χ0) is 13.5. The van der Waals surface area contributed by atoms with Gasteiger partial charge < -0.3 is 5.73 Å². The molecule has 0 aliphatic rings. The molecule has 0 spiro atoms. The Balaban J connectivity index is 2.08. The number of rotatable bonds is 1. The molecule has 0 aliphatic heterocycles. The first kappa shape index (κ1) is 11.5. The lowest BCUT2D eigenvalue weighted by molar-refractivity contribution is 1.65. The molecule has 0 amide bonds. The second kappa shape index (κ2) is 4.36. The lowest BCUT2D eigenvalue weighted by Crippen LogP contribution is -1.86. The molecule has 96 valence electrons. The third-order valence-corrected chi connectivity index (χ3v) is 4.85. The predicted molar refractivity (Wildman–Crippen MR) is 89.2 cm³/mol. The van der Waals surface area contributed by atoms with Crippen molar-refractivity contribution in [2.24, 2.45) is 0 Å². The van der Waals surface area contributed by atoms with E-state index in [1.807, 2.05) is 6.07 Å². The molecule has 0 aliphatic carbocycles. The molecule has 0 radical (unpaired) electrons. The van der Waals surface area contributed by atoms with Gasteiger partial charge in [-0.25, -0.2) is 0 Å². The summed E-state index contributed by atoms with van der Waals surface area (Å²) in [5.41, 5.74) is 9.52. The first-order valence-electron chi connectivity index (χ1n) is 6.59. The Kier molecular flexibility index (Phi) is 2.51. The number of fused-ring (bicyclic) bond motifs is 3. The van der Waals surface area contributed by atoms with E-state index in [0.717, 1.165) is 5.69 Å². The number of nitrogen functional groups attached to an aromatic ring is 1. The van der Waals surface area contributed by atoms with Crippen LogP contribution in [0.25, 0.3) is 31.3 Å². The van der Waals surface area contributed by atoms with Crippen LogP contribution in [0.2, 0.25) is 0 Å². The molecule has 0 saturated heterocycles. The Labute approximate surface area is 121 Å². The summed E-state index contributed by atoms with van der Waals surface area (Å²) < 4.78 is 2.48. The van der Waals surface area contributed by atoms with Crippen LogP contribution in [-0.4, -0.2) is 0 Å². The average molecular weight is 275 g/mol. The second-order valence-electron chi connectivity index (χ2n) is 4.91. The molecule has 2 N–H and O–H groups in total. The molecule has 0 fully saturated rings. The monoisotopic (exact) mass is 275 g/mol. The average Bonchev–Trinajstić information content (AvgIpc) is 2.88. The summed E-state index contributed by atoms with van der Waals surface area (Å²) in [5.74, 6) is 0. The fraction of sp³-hybridized carbons (Fsp3) is 0. The van der Waals surface area contributed by atoms with Gasteiger partial charge in [-0.3, -0.25) is 0 Å². The van der Waals surface area contributed by atoms with Crippen molar-refractivity contribution in [3.8, 4) is 11.1 Å². The molecule has 0 bridgehead atoms. The van der Waals surface area contributed by atoms with Crippen LogP contribution in [0.5, 0.6) is 0 Å². The van der Waals surface area contributed by atoms with Crippen molar-refractivity contribution in [2.75, 3.05) is 5.73 Å². The van der Waals surface area contributed by atoms with E-state index in [9.17, 15) is 0 Å². The normalized spacial score (nSPS) is 11.2. The van der Waals surface area contributed by atoms with Gasteiger partial charge in [0.25, 0.3) is 0 Å². The highest BCUT2D eigenvalue weighted by atomic mass is 32.1. The Morgan fingerprint density at radius 3 is 2.30 bits per heavy atom. The Hall–Kier alpha value is -2.32. The Bertz CT molecular complexity index is 907. The van der Waals surface area contributed by atoms with Crippen molar-refractivity contribution in [1.82, 2.24) is 0 Å². The van der Waals surface area contributed by atoms with Crippen LogP contribution in [0.15, 0.2) is 66.7 Å². The van der Waals surface area contributed by atoms with Crippen LogP contribution in [0.1, 0.15) is 0 Å². The van der Waals surface area contributed by atoms with Gasteiger partial charge in [0.1, 0.15) is 0 Å². The van der Waals surface area contributed by atoms with Crippen LogP contribution in [0.3, 0.4) is 0 Å². The van der Waals surface area contributed by atoms with Crippen molar-refractivity contribution in [1.29, 1.82) is 0 Å². The third kappa shape index (κ3) is 1.69. The predicted octanol–water partition coefficient (Wildman–Crippen LogP) is 5.30. The summed E-state index contributed by atoms with van der Waals surface area (Å²) in [7, 11) is 0. The molecule has 0 atom stereocenters. The number of anilines is 1. The minimum Gasteiger partial charge on any atom is -0.398 e. The first-order chi connectivity index (χ1) is 9.83. The highest BCUT2D eigenvalue weighted by Crippen LogP contribution is 2.39. The Morgan fingerprint density at radius 2 is 1.45 bits per heavy atom. The second-order valence-corrected chi connectivity index (χ2v) is 5.96. The quantitative estimate of drug-likeness (QED) is 0.468. The van der Waals surface area contributed by atoms with Gasteiger partial charge in [0.05, 0.1) is 10.4 Å². The van der Waals surface area contributed by atoms with Crippen LogP contribution >= 0.6 is 11.3 Å². The molecule has 3 aromatic carbocycles. The summed E-state index contributed by atoms with van der Waals surface area (Å²) in [5, 5.41) is 2.54. The molecule has 1 aromatic heterocycles. The minimum absolute atomic E-state index is 0.863. The van der Waals surface area contributed by atoms with Gasteiger partial charge in [-0.15, -0.1) is 11.3 Å². The molecule has 4 rings (SSSR count). The molecule has 0 saturated carbocycles. The highest BCUT2D eigenvalue weighted by molar-refractivity contribution is 7.26. The Morgan fingerprint density at radius 1 is 0.700 bits per heavy atom. The van der Waals surface area contributed by atoms with Crippen LogP contribution in [0.4, 0.5) is 5.69 Å². The van der Waals surface area contributed by atoms with Crippen molar-refractivity contribution >= 4 is 37.2 Å². The van der Waals surface area contributed by atoms with E-state index >= 15 is 0 Å². The van der Waals surface area contributed by atoms with Gasteiger partial charge in [0, 0.05) is 15.5 Å². The van der Waals surface area contributed by atoms with Gasteiger partial charge in [-0.1, -0.05) is 48.5 Å². The zero-order valence-electron chi connectivity index (χ0n) is 10.8. The largest absolute Gasteiger partial charge is 0.398 e. The minimum atomic E-state index is 0.863. The number of thiophene rings is 1. The third-order valence-electron chi connectivity index (χ3n) is 3.61. The molecule has 2 heteroatoms. The molecular weight excluding hydrogens is 262 g/mol. The van der Waals surface area contributed by atoms with E-state index in [4.69, 9.17) is 5.73 Å². The van der Waals surface area contributed by atoms with Crippen molar-refractivity contribution < 1.29 is 0 Å². The number of hydrogen-bond acceptors (Lipinski definition) is 2. The van der Waals surface area contributed by atoms with E-state index in [0.29, 0.717) is 0 Å². The maximum Gasteiger partial charge on any atom is 0.0585 e. The lowest BCUT2D eigenvalue weighted by Gasteiger charge is -2.04. The summed E-state index contributed by atoms with van der Waals surface area (Å²) in [4.78, 5) is 0. The van der Waals surface area contributed by atoms with Gasteiger partial charge >= 0.3 is 0 Å². The number of hydrogen-bond donors (Lipinski definition) is 1. The number of benzene rings is 3. The standard InChI is InChI=1S/C18H13NS/c19-16-11-13(12-6-2-1-3-7-12)10-15-14-8-4-5-9-17(14)20-18(15)16/h1-11H,19H2. The summed E-state index contributed by atoms with van der Waals surface area (Å²) in [6.45, 7) is 0. The summed E-state index contributed by atoms with van der Waals surface area (Å²) >= 11 is 1.77. The summed E-state index contributed by atoms with van der Waals surface area (Å²) in [6, 6.07) is 23.2. The molecule has 4 aromatic rings. The van der Waals surface area contributed by atoms with Crippen molar-refractivity contribution in [2.45, 2.75) is 0 Å². The number of nitrogens with two attached hydrogens (primary N) is 1. The van der Waals surface area contributed by atoms with E-state index in [1.165, 1.54) is 31.3 Å². The molecule has 1 nitrogen and oxygen atoms in total. The maximum atomic E-state index is 6.27. The molecule has 20 heavy (non-hydrogen) atoms. The van der Waals surface area contributed by atoms with E-state index in [-0.39, 0.29) is 0 Å². The van der Waals surface area contributed by atoms with Gasteiger partial charge in [-0.05, 0) is 29.3 Å². The van der Waals surface area contributed by atoms with E-state index in [2.05, 4.69) is 60.7 Å². The van der Waals surface area contributed by atoms with Crippen molar-refractivity contribution in [3.05, 3.63) is 66.7 Å². The molecule has 0 unspecified atom stereocenters. The van der Waals surface area contributed by atoms with E-state index in [1.54, 1.807) is 11.3 Å². The first-order valence-corrected chi connectivity index (χ1v) is 7.41. The van der Waals surface area contributed by atoms with Crippen LogP contribution in [-0.2, 0) is 0 Å². The lowest BCUT2D eigenvalue weighted by atomic mass is 10.0.